The van der Waals surface area contributed by atoms with Gasteiger partial charge in [0.25, 0.3) is 5.91 Å². The summed E-state index contributed by atoms with van der Waals surface area (Å²) in [5.74, 6) is -0.904. The van der Waals surface area contributed by atoms with Crippen LogP contribution in [0.15, 0.2) is 60.0 Å². The van der Waals surface area contributed by atoms with Crippen molar-refractivity contribution in [3.8, 4) is 0 Å². The molecule has 0 atom stereocenters. The zero-order valence-electron chi connectivity index (χ0n) is 15.0. The Hall–Kier alpha value is -3.20. The van der Waals surface area contributed by atoms with Crippen molar-refractivity contribution in [3.63, 3.8) is 0 Å². The van der Waals surface area contributed by atoms with E-state index in [0.29, 0.717) is 6.42 Å². The van der Waals surface area contributed by atoms with Gasteiger partial charge in [0, 0.05) is 17.5 Å². The molecule has 29 heavy (non-hydrogen) atoms. The summed E-state index contributed by atoms with van der Waals surface area (Å²) < 4.78 is 38.3. The van der Waals surface area contributed by atoms with E-state index in [-0.39, 0.29) is 28.8 Å². The van der Waals surface area contributed by atoms with Gasteiger partial charge in [0.1, 0.15) is 5.69 Å². The molecule has 5 nitrogen and oxygen atoms in total. The molecule has 0 fully saturated rings. The molecule has 0 radical (unpaired) electrons. The molecule has 3 rings (SSSR count). The summed E-state index contributed by atoms with van der Waals surface area (Å²) >= 11 is 1.06. The summed E-state index contributed by atoms with van der Waals surface area (Å²) in [7, 11) is 0. The summed E-state index contributed by atoms with van der Waals surface area (Å²) in [4.78, 5) is 28.3. The van der Waals surface area contributed by atoms with Gasteiger partial charge in [-0.3, -0.25) is 9.59 Å². The number of alkyl halides is 3. The Morgan fingerprint density at radius 3 is 2.48 bits per heavy atom. The highest BCUT2D eigenvalue weighted by Crippen LogP contribution is 2.30. The minimum atomic E-state index is -4.50. The average molecular weight is 419 g/mol. The van der Waals surface area contributed by atoms with Crippen molar-refractivity contribution in [2.45, 2.75) is 19.0 Å². The molecular weight excluding hydrogens is 403 g/mol. The van der Waals surface area contributed by atoms with Crippen LogP contribution in [-0.2, 0) is 17.4 Å². The van der Waals surface area contributed by atoms with Gasteiger partial charge < -0.3 is 10.6 Å². The molecule has 0 aliphatic heterocycles. The third-order valence-electron chi connectivity index (χ3n) is 3.91. The fourth-order valence-corrected chi connectivity index (χ4v) is 3.19. The normalized spacial score (nSPS) is 11.1. The Kier molecular flexibility index (Phi) is 6.28. The first-order valence-corrected chi connectivity index (χ1v) is 9.47. The fraction of sp³-hybridized carbons (Fsp3) is 0.150. The standard InChI is InChI=1S/C20H16F3N3O2S/c21-20(22,23)14-7-4-8-15(11-14)24-18(28)16-12-29-19(25-16)26-17(27)10-9-13-5-2-1-3-6-13/h1-8,11-12H,9-10H2,(H,24,28)(H,25,26,27). The number of nitrogens with one attached hydrogen (secondary N) is 2. The number of aryl methyl sites for hydroxylation is 1. The zero-order valence-corrected chi connectivity index (χ0v) is 15.8. The van der Waals surface area contributed by atoms with Crippen molar-refractivity contribution < 1.29 is 22.8 Å². The summed E-state index contributed by atoms with van der Waals surface area (Å²) in [6.45, 7) is 0. The highest BCUT2D eigenvalue weighted by molar-refractivity contribution is 7.14. The first-order valence-electron chi connectivity index (χ1n) is 8.59. The van der Waals surface area contributed by atoms with Gasteiger partial charge in [0.05, 0.1) is 5.56 Å². The number of hydrogen-bond donors (Lipinski definition) is 2. The smallest absolute Gasteiger partial charge is 0.321 e. The Labute approximate surface area is 168 Å². The van der Waals surface area contributed by atoms with Crippen LogP contribution in [0.1, 0.15) is 28.0 Å². The second kappa shape index (κ2) is 8.87. The van der Waals surface area contributed by atoms with Crippen LogP contribution in [0.25, 0.3) is 0 Å². The van der Waals surface area contributed by atoms with Crippen molar-refractivity contribution >= 4 is 34.0 Å². The maximum atomic E-state index is 12.8. The van der Waals surface area contributed by atoms with Gasteiger partial charge in [0.2, 0.25) is 5.91 Å². The van der Waals surface area contributed by atoms with Gasteiger partial charge in [-0.2, -0.15) is 13.2 Å². The monoisotopic (exact) mass is 419 g/mol. The average Bonchev–Trinajstić information content (AvgIpc) is 3.15. The fourth-order valence-electron chi connectivity index (χ4n) is 2.49. The first-order chi connectivity index (χ1) is 13.8. The molecule has 0 aliphatic carbocycles. The van der Waals surface area contributed by atoms with Crippen molar-refractivity contribution in [1.29, 1.82) is 0 Å². The number of thiazole rings is 1. The lowest BCUT2D eigenvalue weighted by Crippen LogP contribution is -2.15. The van der Waals surface area contributed by atoms with E-state index < -0.39 is 17.6 Å². The quantitative estimate of drug-likeness (QED) is 0.592. The SMILES string of the molecule is O=C(CCc1ccccc1)Nc1nc(C(=O)Nc2cccc(C(F)(F)F)c2)cs1. The van der Waals surface area contributed by atoms with E-state index in [4.69, 9.17) is 0 Å². The second-order valence-electron chi connectivity index (χ2n) is 6.10. The number of amides is 2. The number of benzene rings is 2. The lowest BCUT2D eigenvalue weighted by Gasteiger charge is -2.09. The highest BCUT2D eigenvalue weighted by Gasteiger charge is 2.30. The highest BCUT2D eigenvalue weighted by atomic mass is 32.1. The van der Waals surface area contributed by atoms with Crippen molar-refractivity contribution in [3.05, 3.63) is 76.8 Å². The Morgan fingerprint density at radius 2 is 1.76 bits per heavy atom. The van der Waals surface area contributed by atoms with Crippen LogP contribution in [0.4, 0.5) is 24.0 Å². The van der Waals surface area contributed by atoms with Crippen LogP contribution in [0.5, 0.6) is 0 Å². The number of hydrogen-bond acceptors (Lipinski definition) is 4. The number of carbonyl (C=O) groups is 2. The number of carbonyl (C=O) groups excluding carboxylic acids is 2. The lowest BCUT2D eigenvalue weighted by molar-refractivity contribution is -0.137. The van der Waals surface area contributed by atoms with Crippen LogP contribution in [0.2, 0.25) is 0 Å². The molecule has 0 aliphatic rings. The number of aromatic nitrogens is 1. The van der Waals surface area contributed by atoms with Gasteiger partial charge in [-0.25, -0.2) is 4.98 Å². The van der Waals surface area contributed by atoms with E-state index in [1.165, 1.54) is 17.5 Å². The van der Waals surface area contributed by atoms with Crippen LogP contribution >= 0.6 is 11.3 Å². The maximum Gasteiger partial charge on any atom is 0.416 e. The summed E-state index contributed by atoms with van der Waals surface area (Å²) in [6, 6.07) is 13.8. The minimum absolute atomic E-state index is 0.00534. The molecule has 0 unspecified atom stereocenters. The third-order valence-corrected chi connectivity index (χ3v) is 4.67. The second-order valence-corrected chi connectivity index (χ2v) is 6.96. The van der Waals surface area contributed by atoms with E-state index >= 15 is 0 Å². The Bertz CT molecular complexity index is 1000. The van der Waals surface area contributed by atoms with Gasteiger partial charge in [-0.15, -0.1) is 11.3 Å². The van der Waals surface area contributed by atoms with E-state index in [9.17, 15) is 22.8 Å². The molecule has 0 spiro atoms. The molecule has 2 N–H and O–H groups in total. The molecule has 1 aromatic heterocycles. The Balaban J connectivity index is 1.56. The molecule has 0 bridgehead atoms. The largest absolute Gasteiger partial charge is 0.416 e. The van der Waals surface area contributed by atoms with Gasteiger partial charge in [0.15, 0.2) is 5.13 Å². The maximum absolute atomic E-state index is 12.8. The number of halogens is 3. The zero-order chi connectivity index (χ0) is 20.9. The number of nitrogens with zero attached hydrogens (tertiary/aromatic N) is 1. The third kappa shape index (κ3) is 5.89. The van der Waals surface area contributed by atoms with E-state index in [1.807, 2.05) is 30.3 Å². The Morgan fingerprint density at radius 1 is 1.00 bits per heavy atom. The number of anilines is 2. The van der Waals surface area contributed by atoms with Crippen LogP contribution in [-0.4, -0.2) is 16.8 Å². The van der Waals surface area contributed by atoms with E-state index in [2.05, 4.69) is 15.6 Å². The van der Waals surface area contributed by atoms with Gasteiger partial charge in [-0.05, 0) is 30.2 Å². The molecule has 9 heteroatoms. The molecular formula is C20H16F3N3O2S. The van der Waals surface area contributed by atoms with Crippen LogP contribution in [0.3, 0.4) is 0 Å². The molecule has 0 saturated heterocycles. The first kappa shape index (κ1) is 20.5. The molecule has 2 amide bonds. The predicted molar refractivity (Wildman–Crippen MR) is 105 cm³/mol. The summed E-state index contributed by atoms with van der Waals surface area (Å²) in [5, 5.41) is 6.67. The van der Waals surface area contributed by atoms with Crippen molar-refractivity contribution in [2.24, 2.45) is 0 Å². The predicted octanol–water partition coefficient (Wildman–Crippen LogP) is 4.99. The molecule has 1 heterocycles. The van der Waals surface area contributed by atoms with Gasteiger partial charge in [-0.1, -0.05) is 36.4 Å². The van der Waals surface area contributed by atoms with Crippen LogP contribution in [0, 0.1) is 0 Å². The summed E-state index contributed by atoms with van der Waals surface area (Å²) in [6.07, 6.45) is -3.67. The number of rotatable bonds is 6. The van der Waals surface area contributed by atoms with Gasteiger partial charge >= 0.3 is 6.18 Å². The van der Waals surface area contributed by atoms with Crippen molar-refractivity contribution in [2.75, 3.05) is 10.6 Å². The van der Waals surface area contributed by atoms with Crippen LogP contribution < -0.4 is 10.6 Å². The minimum Gasteiger partial charge on any atom is -0.321 e. The molecule has 3 aromatic rings. The topological polar surface area (TPSA) is 71.1 Å². The van der Waals surface area contributed by atoms with E-state index in [1.54, 1.807) is 0 Å². The molecule has 150 valence electrons. The van der Waals surface area contributed by atoms with Crippen molar-refractivity contribution in [1.82, 2.24) is 4.98 Å². The lowest BCUT2D eigenvalue weighted by atomic mass is 10.1. The summed E-state index contributed by atoms with van der Waals surface area (Å²) in [5.41, 5.74) is 0.180. The molecule has 2 aromatic carbocycles. The molecule has 0 saturated carbocycles. The van der Waals surface area contributed by atoms with E-state index in [0.717, 1.165) is 29.0 Å².